The minimum Gasteiger partial charge on any atom is -0.391 e. The van der Waals surface area contributed by atoms with Gasteiger partial charge in [-0.2, -0.15) is 13.2 Å². The van der Waals surface area contributed by atoms with Crippen LogP contribution in [0, 0.1) is 11.3 Å². The molecule has 2 aliphatic heterocycles. The largest absolute Gasteiger partial charge is 0.403 e. The summed E-state index contributed by atoms with van der Waals surface area (Å²) >= 11 is 6.29. The van der Waals surface area contributed by atoms with E-state index < -0.39 is 95.3 Å². The first-order valence-electron chi connectivity index (χ1n) is 23.2. The van der Waals surface area contributed by atoms with Gasteiger partial charge in [0.1, 0.15) is 41.7 Å². The molecule has 15 nitrogen and oxygen atoms in total. The summed E-state index contributed by atoms with van der Waals surface area (Å²) in [6.07, 6.45) is -4.08. The zero-order chi connectivity index (χ0) is 48.2. The van der Waals surface area contributed by atoms with E-state index in [1.807, 2.05) is 20.8 Å². The number of alkyl halides is 3. The van der Waals surface area contributed by atoms with E-state index >= 15 is 0 Å². The minimum atomic E-state index is -4.83. The number of aliphatic hydroxyl groups excluding tert-OH is 1. The number of hydrogen-bond donors (Lipinski definition) is 5. The van der Waals surface area contributed by atoms with E-state index in [1.54, 1.807) is 31.2 Å². The van der Waals surface area contributed by atoms with Crippen LogP contribution in [0.3, 0.4) is 0 Å². The highest BCUT2D eigenvalue weighted by Crippen LogP contribution is 2.51. The van der Waals surface area contributed by atoms with Gasteiger partial charge in [-0.1, -0.05) is 70.2 Å². The fourth-order valence-corrected chi connectivity index (χ4v) is 9.59. The van der Waals surface area contributed by atoms with Gasteiger partial charge in [-0.3, -0.25) is 33.6 Å². The Morgan fingerprint density at radius 2 is 1.62 bits per heavy atom. The number of likely N-dealkylation sites (N-methyl/N-ethyl adjacent to an activating group) is 2. The molecule has 0 bridgehead atoms. The summed E-state index contributed by atoms with van der Waals surface area (Å²) in [5.74, 6) is -5.38. The maximum absolute atomic E-state index is 14.6. The Kier molecular flexibility index (Phi) is 19.5. The number of hydrogen-bond acceptors (Lipinski definition) is 8. The van der Waals surface area contributed by atoms with Gasteiger partial charge < -0.3 is 41.1 Å². The van der Waals surface area contributed by atoms with Crippen molar-refractivity contribution < 1.29 is 51.8 Å². The van der Waals surface area contributed by atoms with Gasteiger partial charge in [-0.05, 0) is 95.2 Å². The predicted molar refractivity (Wildman–Crippen MR) is 238 cm³/mol. The molecule has 2 heterocycles. The lowest BCUT2D eigenvalue weighted by molar-refractivity contribution is -0.236. The lowest BCUT2D eigenvalue weighted by atomic mass is 9.72. The normalized spacial score (nSPS) is 25.0. The summed E-state index contributed by atoms with van der Waals surface area (Å²) in [6.45, 7) is 8.43. The molecule has 0 radical (unpaired) electrons. The Bertz CT molecular complexity index is 1840. The van der Waals surface area contributed by atoms with Crippen LogP contribution in [-0.2, 0) is 40.0 Å². The molecule has 1 aromatic carbocycles. The highest BCUT2D eigenvalue weighted by Gasteiger charge is 2.62. The summed E-state index contributed by atoms with van der Waals surface area (Å²) in [7, 11) is 1.45. The number of halogens is 4. The second-order valence-corrected chi connectivity index (χ2v) is 18.7. The highest BCUT2D eigenvalue weighted by molar-refractivity contribution is 6.30. The van der Waals surface area contributed by atoms with Crippen molar-refractivity contribution >= 4 is 53.0 Å². The van der Waals surface area contributed by atoms with E-state index in [4.69, 9.17) is 11.6 Å². The molecule has 5 N–H and O–H groups in total. The van der Waals surface area contributed by atoms with Gasteiger partial charge in [0, 0.05) is 38.1 Å². The molecule has 3 fully saturated rings. The number of carbonyl (C=O) groups excluding carboxylic acids is 7. The number of amides is 7. The molecule has 19 heteroatoms. The Morgan fingerprint density at radius 3 is 2.22 bits per heavy atom. The highest BCUT2D eigenvalue weighted by atomic mass is 35.5. The zero-order valence-corrected chi connectivity index (χ0v) is 39.4. The van der Waals surface area contributed by atoms with Gasteiger partial charge in [0.15, 0.2) is 0 Å². The monoisotopic (exact) mass is 939 g/mol. The molecule has 0 aromatic heterocycles. The second-order valence-electron chi connectivity index (χ2n) is 18.3. The van der Waals surface area contributed by atoms with E-state index in [2.05, 4.69) is 21.3 Å². The molecule has 0 unspecified atom stereocenters. The molecule has 7 atom stereocenters. The number of likely N-dealkylation sites (tertiary alicyclic amines) is 1. The van der Waals surface area contributed by atoms with Crippen LogP contribution < -0.4 is 21.3 Å². The number of nitrogens with zero attached hydrogens (tertiary/aromatic N) is 3. The summed E-state index contributed by atoms with van der Waals surface area (Å²) in [5.41, 5.74) is -1.97. The third-order valence-electron chi connectivity index (χ3n) is 13.0. The number of carbonyl (C=O) groups is 7. The molecule has 0 spiro atoms. The maximum atomic E-state index is 14.6. The van der Waals surface area contributed by atoms with Crippen molar-refractivity contribution in [2.75, 3.05) is 26.7 Å². The molecule has 1 saturated carbocycles. The van der Waals surface area contributed by atoms with Crippen LogP contribution in [0.5, 0.6) is 0 Å². The van der Waals surface area contributed by atoms with Crippen molar-refractivity contribution in [2.45, 2.75) is 173 Å². The Hall–Kier alpha value is -4.45. The van der Waals surface area contributed by atoms with Gasteiger partial charge in [-0.25, -0.2) is 0 Å². The van der Waals surface area contributed by atoms with E-state index in [-0.39, 0.29) is 83.3 Å². The summed E-state index contributed by atoms with van der Waals surface area (Å²) in [4.78, 5) is 102. The van der Waals surface area contributed by atoms with E-state index in [9.17, 15) is 51.8 Å². The van der Waals surface area contributed by atoms with Crippen molar-refractivity contribution in [1.29, 1.82) is 0 Å². The number of rotatable bonds is 13. The average molecular weight is 941 g/mol. The standard InChI is InChI=1S/C46H69ClF3N7O8/c1-7-16-32-38(59)51-23-13-10-19-34(39(60)53-33(25-28(3)4)42(63)55(6)36(41(62)52-32)27-30-17-14-18-31(47)26-30)56(8-2)43(64)37(29(5)58)54-40(61)35-20-15-24-57(35)44(65)45(46(48,49)50)21-11-9-12-22-45/h14,17-18,26,28-29,32-37,58H,7-13,15-16,19-25,27H2,1-6H3,(H,51,59)(H,52,62)(H,53,60)(H,54,61)/t29-,32-,33+,34+,35+,36+,37+/m1/s1. The van der Waals surface area contributed by atoms with Crippen LogP contribution in [0.1, 0.15) is 124 Å². The summed E-state index contributed by atoms with van der Waals surface area (Å²) in [6, 6.07) is -0.658. The smallest absolute Gasteiger partial charge is 0.391 e. The van der Waals surface area contributed by atoms with Gasteiger partial charge in [0.2, 0.25) is 41.4 Å². The predicted octanol–water partition coefficient (Wildman–Crippen LogP) is 4.41. The van der Waals surface area contributed by atoms with Gasteiger partial charge in [0.25, 0.3) is 0 Å². The van der Waals surface area contributed by atoms with Crippen LogP contribution in [-0.4, -0.2) is 136 Å². The minimum absolute atomic E-state index is 0.0284. The van der Waals surface area contributed by atoms with Crippen molar-refractivity contribution in [3.8, 4) is 0 Å². The molecule has 4 rings (SSSR count). The SMILES string of the molecule is CCC[C@H]1NC(=O)[C@H](Cc2cccc(Cl)c2)N(C)C(=O)[C@H](CC(C)C)NC(=O)[C@@H](N(CC)C(=O)[C@@H](NC(=O)[C@@H]2CCCN2C(=O)C2(C(F)(F)F)CCCCC2)[C@@H](C)O)CCCCNC1=O. The van der Waals surface area contributed by atoms with Crippen LogP contribution in [0.2, 0.25) is 5.02 Å². The Labute approximate surface area is 385 Å². The number of nitrogens with one attached hydrogen (secondary N) is 4. The molecule has 3 aliphatic rings. The van der Waals surface area contributed by atoms with Gasteiger partial charge >= 0.3 is 6.18 Å². The topological polar surface area (TPSA) is 198 Å². The lowest BCUT2D eigenvalue weighted by Crippen LogP contribution is -2.63. The van der Waals surface area contributed by atoms with E-state index in [0.717, 1.165) is 4.90 Å². The zero-order valence-electron chi connectivity index (χ0n) is 38.6. The van der Waals surface area contributed by atoms with Crippen LogP contribution in [0.25, 0.3) is 0 Å². The fourth-order valence-electron chi connectivity index (χ4n) is 9.38. The average Bonchev–Trinajstić information content (AvgIpc) is 3.75. The first kappa shape index (κ1) is 53.2. The number of benzene rings is 1. The van der Waals surface area contributed by atoms with Crippen molar-refractivity contribution in [1.82, 2.24) is 36.0 Å². The van der Waals surface area contributed by atoms with Crippen molar-refractivity contribution in [3.05, 3.63) is 34.9 Å². The van der Waals surface area contributed by atoms with E-state index in [1.165, 1.54) is 23.8 Å². The molecule has 1 aromatic rings. The molecule has 1 aliphatic carbocycles. The lowest BCUT2D eigenvalue weighted by Gasteiger charge is -2.41. The Balaban J connectivity index is 1.66. The van der Waals surface area contributed by atoms with Gasteiger partial charge in [-0.15, -0.1) is 0 Å². The van der Waals surface area contributed by atoms with Crippen LogP contribution >= 0.6 is 11.6 Å². The summed E-state index contributed by atoms with van der Waals surface area (Å²) in [5, 5.41) is 22.5. The third kappa shape index (κ3) is 13.3. The maximum Gasteiger partial charge on any atom is 0.403 e. The molecule has 364 valence electrons. The van der Waals surface area contributed by atoms with Crippen LogP contribution in [0.15, 0.2) is 24.3 Å². The fraction of sp³-hybridized carbons (Fsp3) is 0.717. The quantitative estimate of drug-likeness (QED) is 0.192. The molecular formula is C46H69ClF3N7O8. The first-order valence-corrected chi connectivity index (χ1v) is 23.6. The molecule has 65 heavy (non-hydrogen) atoms. The van der Waals surface area contributed by atoms with Crippen molar-refractivity contribution in [3.63, 3.8) is 0 Å². The van der Waals surface area contributed by atoms with Crippen LogP contribution in [0.4, 0.5) is 13.2 Å². The number of aliphatic hydroxyl groups is 1. The molecule has 7 amide bonds. The van der Waals surface area contributed by atoms with Crippen molar-refractivity contribution in [2.24, 2.45) is 11.3 Å². The van der Waals surface area contributed by atoms with Gasteiger partial charge in [0.05, 0.1) is 6.10 Å². The Morgan fingerprint density at radius 1 is 0.938 bits per heavy atom. The third-order valence-corrected chi connectivity index (χ3v) is 13.2. The summed E-state index contributed by atoms with van der Waals surface area (Å²) < 4.78 is 43.8. The second kappa shape index (κ2) is 23.8. The molecule has 2 saturated heterocycles. The first-order chi connectivity index (χ1) is 30.7. The molecular weight excluding hydrogens is 871 g/mol. The van der Waals surface area contributed by atoms with E-state index in [0.29, 0.717) is 42.7 Å².